The van der Waals surface area contributed by atoms with Crippen molar-refractivity contribution in [1.82, 2.24) is 0 Å². The maximum Gasteiger partial charge on any atom is 0.160 e. The molecule has 21 heavy (non-hydrogen) atoms. The van der Waals surface area contributed by atoms with Crippen LogP contribution in [0.15, 0.2) is 24.3 Å². The van der Waals surface area contributed by atoms with Crippen molar-refractivity contribution in [3.8, 4) is 0 Å². The van der Waals surface area contributed by atoms with E-state index in [0.29, 0.717) is 13.1 Å². The van der Waals surface area contributed by atoms with Crippen LogP contribution in [0.25, 0.3) is 20.2 Å². The summed E-state index contributed by atoms with van der Waals surface area (Å²) in [6.45, 7) is 1.14. The van der Waals surface area contributed by atoms with E-state index in [0.717, 1.165) is 36.3 Å². The predicted octanol–water partition coefficient (Wildman–Crippen LogP) is 2.72. The molecular formula is C15H15NO3S2. The van der Waals surface area contributed by atoms with Crippen molar-refractivity contribution in [3.63, 3.8) is 0 Å². The van der Waals surface area contributed by atoms with Gasteiger partial charge in [0.2, 0.25) is 0 Å². The summed E-state index contributed by atoms with van der Waals surface area (Å²) in [5, 5.41) is 21.5. The molecular weight excluding hydrogens is 306 g/mol. The van der Waals surface area contributed by atoms with Crippen molar-refractivity contribution in [3.05, 3.63) is 29.1 Å². The lowest BCUT2D eigenvalue weighted by atomic mass is 10.2. The van der Waals surface area contributed by atoms with E-state index < -0.39 is 0 Å². The summed E-state index contributed by atoms with van der Waals surface area (Å²) in [5.41, 5.74) is 0. The number of rotatable bonds is 6. The first kappa shape index (κ1) is 14.5. The average molecular weight is 321 g/mol. The standard InChI is InChI=1S/C15H15NO3S2/c17-3-1-16(2-4-18)15-7-11-5-10-6-12(9-19)20-13(10)8-14(11)21-15/h5-9,17-18H,1-4H2. The number of hydrogen-bond donors (Lipinski definition) is 2. The topological polar surface area (TPSA) is 60.8 Å². The van der Waals surface area contributed by atoms with Gasteiger partial charge in [0.05, 0.1) is 23.1 Å². The van der Waals surface area contributed by atoms with E-state index in [2.05, 4.69) is 18.2 Å². The summed E-state index contributed by atoms with van der Waals surface area (Å²) in [6, 6.07) is 8.17. The fraction of sp³-hybridized carbons (Fsp3) is 0.267. The van der Waals surface area contributed by atoms with Crippen LogP contribution in [0.4, 0.5) is 5.00 Å². The molecule has 0 aliphatic carbocycles. The highest BCUT2D eigenvalue weighted by Gasteiger charge is 2.11. The van der Waals surface area contributed by atoms with Crippen LogP contribution in [0.3, 0.4) is 0 Å². The molecule has 0 fully saturated rings. The van der Waals surface area contributed by atoms with Gasteiger partial charge in [-0.25, -0.2) is 0 Å². The highest BCUT2D eigenvalue weighted by molar-refractivity contribution is 7.24. The molecule has 4 nitrogen and oxygen atoms in total. The third-order valence-corrected chi connectivity index (χ3v) is 5.51. The SMILES string of the molecule is O=Cc1cc2cc3cc(N(CCO)CCO)sc3cc2s1. The van der Waals surface area contributed by atoms with E-state index >= 15 is 0 Å². The number of fused-ring (bicyclic) bond motifs is 2. The molecule has 0 spiro atoms. The second-order valence-electron chi connectivity index (χ2n) is 4.71. The van der Waals surface area contributed by atoms with Crippen molar-refractivity contribution in [2.24, 2.45) is 0 Å². The van der Waals surface area contributed by atoms with Gasteiger partial charge in [0.15, 0.2) is 6.29 Å². The molecule has 2 aromatic heterocycles. The summed E-state index contributed by atoms with van der Waals surface area (Å²) in [5.74, 6) is 0. The van der Waals surface area contributed by atoms with Gasteiger partial charge in [-0.2, -0.15) is 0 Å². The van der Waals surface area contributed by atoms with Crippen molar-refractivity contribution < 1.29 is 15.0 Å². The Morgan fingerprint density at radius 3 is 2.29 bits per heavy atom. The molecule has 0 saturated carbocycles. The molecule has 0 saturated heterocycles. The first-order chi connectivity index (χ1) is 10.2. The van der Waals surface area contributed by atoms with Crippen LogP contribution < -0.4 is 4.90 Å². The molecule has 0 bridgehead atoms. The van der Waals surface area contributed by atoms with Gasteiger partial charge in [0.25, 0.3) is 0 Å². The Balaban J connectivity index is 2.04. The smallest absolute Gasteiger partial charge is 0.160 e. The Labute approximate surface area is 129 Å². The van der Waals surface area contributed by atoms with Gasteiger partial charge in [-0.15, -0.1) is 22.7 Å². The van der Waals surface area contributed by atoms with Crippen LogP contribution in [0.2, 0.25) is 0 Å². The Kier molecular flexibility index (Phi) is 4.21. The van der Waals surface area contributed by atoms with Crippen molar-refractivity contribution in [1.29, 1.82) is 0 Å². The fourth-order valence-electron chi connectivity index (χ4n) is 2.37. The van der Waals surface area contributed by atoms with Crippen LogP contribution in [0.1, 0.15) is 9.67 Å². The molecule has 0 aliphatic heterocycles. The second kappa shape index (κ2) is 6.11. The number of aliphatic hydroxyl groups is 2. The Morgan fingerprint density at radius 1 is 0.952 bits per heavy atom. The van der Waals surface area contributed by atoms with Crippen LogP contribution in [-0.4, -0.2) is 42.8 Å². The molecule has 2 heterocycles. The molecule has 0 aliphatic rings. The van der Waals surface area contributed by atoms with Gasteiger partial charge in [0, 0.05) is 22.5 Å². The van der Waals surface area contributed by atoms with Crippen LogP contribution >= 0.6 is 22.7 Å². The van der Waals surface area contributed by atoms with Crippen molar-refractivity contribution >= 4 is 54.1 Å². The lowest BCUT2D eigenvalue weighted by Crippen LogP contribution is -2.28. The molecule has 3 rings (SSSR count). The third kappa shape index (κ3) is 2.80. The number of carbonyl (C=O) groups excluding carboxylic acids is 1. The highest BCUT2D eigenvalue weighted by Crippen LogP contribution is 2.37. The van der Waals surface area contributed by atoms with Gasteiger partial charge < -0.3 is 15.1 Å². The van der Waals surface area contributed by atoms with Crippen molar-refractivity contribution in [2.75, 3.05) is 31.2 Å². The van der Waals surface area contributed by atoms with Crippen LogP contribution in [0.5, 0.6) is 0 Å². The highest BCUT2D eigenvalue weighted by atomic mass is 32.1. The Hall–Kier alpha value is -1.47. The third-order valence-electron chi connectivity index (χ3n) is 3.33. The molecule has 0 unspecified atom stereocenters. The molecule has 3 aromatic rings. The largest absolute Gasteiger partial charge is 0.395 e. The first-order valence-corrected chi connectivity index (χ1v) is 8.27. The molecule has 110 valence electrons. The summed E-state index contributed by atoms with van der Waals surface area (Å²) in [7, 11) is 0. The van der Waals surface area contributed by atoms with E-state index in [-0.39, 0.29) is 13.2 Å². The number of hydrogen-bond acceptors (Lipinski definition) is 6. The monoisotopic (exact) mass is 321 g/mol. The summed E-state index contributed by atoms with van der Waals surface area (Å²) < 4.78 is 2.26. The first-order valence-electron chi connectivity index (χ1n) is 6.64. The van der Waals surface area contributed by atoms with Crippen LogP contribution in [0, 0.1) is 0 Å². The summed E-state index contributed by atoms with van der Waals surface area (Å²) >= 11 is 3.13. The number of aliphatic hydroxyl groups excluding tert-OH is 2. The van der Waals surface area contributed by atoms with E-state index in [1.165, 1.54) is 11.3 Å². The van der Waals surface area contributed by atoms with E-state index in [4.69, 9.17) is 10.2 Å². The van der Waals surface area contributed by atoms with E-state index in [9.17, 15) is 4.79 Å². The number of thiophene rings is 2. The van der Waals surface area contributed by atoms with Crippen molar-refractivity contribution in [2.45, 2.75) is 0 Å². The van der Waals surface area contributed by atoms with Gasteiger partial charge in [-0.1, -0.05) is 0 Å². The molecule has 0 radical (unpaired) electrons. The lowest BCUT2D eigenvalue weighted by molar-refractivity contribution is 0.112. The minimum Gasteiger partial charge on any atom is -0.395 e. The molecule has 2 N–H and O–H groups in total. The maximum atomic E-state index is 10.9. The normalized spacial score (nSPS) is 11.3. The average Bonchev–Trinajstić information content (AvgIpc) is 3.06. The number of anilines is 1. The maximum absolute atomic E-state index is 10.9. The zero-order valence-electron chi connectivity index (χ0n) is 11.3. The predicted molar refractivity (Wildman–Crippen MR) is 89.0 cm³/mol. The number of benzene rings is 1. The fourth-order valence-corrected chi connectivity index (χ4v) is 4.48. The van der Waals surface area contributed by atoms with Gasteiger partial charge in [0.1, 0.15) is 0 Å². The Bertz CT molecular complexity index is 721. The zero-order chi connectivity index (χ0) is 14.8. The quantitative estimate of drug-likeness (QED) is 0.685. The molecule has 0 atom stereocenters. The van der Waals surface area contributed by atoms with E-state index in [1.54, 1.807) is 11.3 Å². The molecule has 0 amide bonds. The molecule has 1 aromatic carbocycles. The van der Waals surface area contributed by atoms with Gasteiger partial charge in [-0.3, -0.25) is 4.79 Å². The van der Waals surface area contributed by atoms with Crippen LogP contribution in [-0.2, 0) is 0 Å². The zero-order valence-corrected chi connectivity index (χ0v) is 12.9. The second-order valence-corrected chi connectivity index (χ2v) is 6.89. The van der Waals surface area contributed by atoms with Gasteiger partial charge >= 0.3 is 0 Å². The minimum atomic E-state index is 0.0615. The summed E-state index contributed by atoms with van der Waals surface area (Å²) in [4.78, 5) is 13.6. The summed E-state index contributed by atoms with van der Waals surface area (Å²) in [6.07, 6.45) is 0.883. The Morgan fingerprint density at radius 2 is 1.62 bits per heavy atom. The number of nitrogens with zero attached hydrogens (tertiary/aromatic N) is 1. The lowest BCUT2D eigenvalue weighted by Gasteiger charge is -2.20. The van der Waals surface area contributed by atoms with E-state index in [1.807, 2.05) is 11.0 Å². The number of aldehydes is 1. The number of carbonyl (C=O) groups is 1. The minimum absolute atomic E-state index is 0.0615. The van der Waals surface area contributed by atoms with Gasteiger partial charge in [-0.05, 0) is 35.0 Å². The molecule has 6 heteroatoms.